The topological polar surface area (TPSA) is 41.5 Å². The van der Waals surface area contributed by atoms with E-state index in [1.807, 2.05) is 18.2 Å². The molecule has 0 spiro atoms. The Bertz CT molecular complexity index is 578. The van der Waals surface area contributed by atoms with E-state index in [1.165, 1.54) is 11.1 Å². The van der Waals surface area contributed by atoms with Gasteiger partial charge >= 0.3 is 0 Å². The van der Waals surface area contributed by atoms with Crippen molar-refractivity contribution in [1.82, 2.24) is 0 Å². The number of aryl methyl sites for hydroxylation is 1. The second kappa shape index (κ2) is 4.84. The van der Waals surface area contributed by atoms with Crippen LogP contribution in [0.15, 0.2) is 42.5 Å². The summed E-state index contributed by atoms with van der Waals surface area (Å²) in [6, 6.07) is 13.8. The number of nitrogens with one attached hydrogen (secondary N) is 1. The van der Waals surface area contributed by atoms with Gasteiger partial charge in [0.15, 0.2) is 0 Å². The van der Waals surface area contributed by atoms with Crippen LogP contribution < -0.4 is 10.1 Å². The van der Waals surface area contributed by atoms with Crippen LogP contribution in [-0.2, 0) is 6.42 Å². The number of ether oxygens (including phenoxy) is 1. The van der Waals surface area contributed by atoms with Crippen LogP contribution in [-0.4, -0.2) is 12.2 Å². The maximum Gasteiger partial charge on any atom is 0.119 e. The highest BCUT2D eigenvalue weighted by atomic mass is 16.5. The van der Waals surface area contributed by atoms with Crippen molar-refractivity contribution in [3.63, 3.8) is 0 Å². The second-order valence-electron chi connectivity index (χ2n) is 4.85. The molecule has 2 N–H and O–H groups in total. The van der Waals surface area contributed by atoms with Gasteiger partial charge in [-0.25, -0.2) is 0 Å². The van der Waals surface area contributed by atoms with Gasteiger partial charge in [-0.1, -0.05) is 6.07 Å². The zero-order valence-electron chi connectivity index (χ0n) is 10.9. The lowest BCUT2D eigenvalue weighted by atomic mass is 10.1. The minimum absolute atomic E-state index is 0.291. The summed E-state index contributed by atoms with van der Waals surface area (Å²) in [5.41, 5.74) is 3.72. The lowest BCUT2D eigenvalue weighted by Gasteiger charge is -2.16. The Morgan fingerprint density at radius 3 is 2.68 bits per heavy atom. The fourth-order valence-electron chi connectivity index (χ4n) is 2.62. The third kappa shape index (κ3) is 2.36. The molecule has 2 aromatic carbocycles. The van der Waals surface area contributed by atoms with E-state index in [4.69, 9.17) is 4.74 Å². The molecule has 0 saturated heterocycles. The summed E-state index contributed by atoms with van der Waals surface area (Å²) >= 11 is 0. The predicted molar refractivity (Wildman–Crippen MR) is 75.8 cm³/mol. The van der Waals surface area contributed by atoms with Crippen LogP contribution >= 0.6 is 0 Å². The van der Waals surface area contributed by atoms with Crippen LogP contribution in [0.4, 0.5) is 5.69 Å². The fourth-order valence-corrected chi connectivity index (χ4v) is 2.62. The lowest BCUT2D eigenvalue weighted by Crippen LogP contribution is -2.07. The molecule has 2 aromatic rings. The summed E-state index contributed by atoms with van der Waals surface area (Å²) in [6.07, 6.45) is 2.18. The SMILES string of the molecule is COc1ccc2c(c1)C(Nc1ccc(O)cc1)CC2. The number of fused-ring (bicyclic) bond motifs is 1. The summed E-state index contributed by atoms with van der Waals surface area (Å²) in [4.78, 5) is 0. The van der Waals surface area contributed by atoms with E-state index in [2.05, 4.69) is 17.4 Å². The van der Waals surface area contributed by atoms with Gasteiger partial charge in [0.25, 0.3) is 0 Å². The van der Waals surface area contributed by atoms with Crippen molar-refractivity contribution in [3.8, 4) is 11.5 Å². The fraction of sp³-hybridized carbons (Fsp3) is 0.250. The van der Waals surface area contributed by atoms with E-state index in [9.17, 15) is 5.11 Å². The minimum Gasteiger partial charge on any atom is -0.508 e. The molecule has 98 valence electrons. The number of anilines is 1. The van der Waals surface area contributed by atoms with Crippen molar-refractivity contribution >= 4 is 5.69 Å². The number of rotatable bonds is 3. The smallest absolute Gasteiger partial charge is 0.119 e. The number of phenolic OH excluding ortho intramolecular Hbond substituents is 1. The molecule has 0 fully saturated rings. The molecule has 0 amide bonds. The Hall–Kier alpha value is -2.16. The normalized spacial score (nSPS) is 17.0. The maximum absolute atomic E-state index is 9.30. The molecular weight excluding hydrogens is 238 g/mol. The molecule has 1 atom stereocenters. The number of hydrogen-bond donors (Lipinski definition) is 2. The zero-order chi connectivity index (χ0) is 13.2. The molecule has 3 heteroatoms. The highest BCUT2D eigenvalue weighted by Crippen LogP contribution is 2.36. The molecule has 1 unspecified atom stereocenters. The van der Waals surface area contributed by atoms with Gasteiger partial charge in [0, 0.05) is 5.69 Å². The van der Waals surface area contributed by atoms with E-state index < -0.39 is 0 Å². The Balaban J connectivity index is 1.83. The first-order chi connectivity index (χ1) is 9.26. The van der Waals surface area contributed by atoms with Crippen LogP contribution in [0, 0.1) is 0 Å². The van der Waals surface area contributed by atoms with E-state index in [0.29, 0.717) is 11.8 Å². The maximum atomic E-state index is 9.30. The van der Waals surface area contributed by atoms with Crippen molar-refractivity contribution in [3.05, 3.63) is 53.6 Å². The number of aromatic hydroxyl groups is 1. The van der Waals surface area contributed by atoms with Gasteiger partial charge < -0.3 is 15.2 Å². The van der Waals surface area contributed by atoms with Crippen LogP contribution in [0.1, 0.15) is 23.6 Å². The van der Waals surface area contributed by atoms with E-state index in [0.717, 1.165) is 24.3 Å². The Morgan fingerprint density at radius 2 is 1.95 bits per heavy atom. The average Bonchev–Trinajstić information content (AvgIpc) is 2.84. The van der Waals surface area contributed by atoms with Gasteiger partial charge in [-0.15, -0.1) is 0 Å². The predicted octanol–water partition coefficient (Wildman–Crippen LogP) is 3.50. The molecule has 0 bridgehead atoms. The largest absolute Gasteiger partial charge is 0.508 e. The zero-order valence-corrected chi connectivity index (χ0v) is 10.9. The van der Waals surface area contributed by atoms with Gasteiger partial charge in [0.1, 0.15) is 11.5 Å². The molecule has 3 rings (SSSR count). The highest BCUT2D eigenvalue weighted by molar-refractivity contribution is 5.51. The first-order valence-corrected chi connectivity index (χ1v) is 6.48. The van der Waals surface area contributed by atoms with E-state index >= 15 is 0 Å². The first-order valence-electron chi connectivity index (χ1n) is 6.48. The Morgan fingerprint density at radius 1 is 1.16 bits per heavy atom. The van der Waals surface area contributed by atoms with Crippen LogP contribution in [0.25, 0.3) is 0 Å². The third-order valence-electron chi connectivity index (χ3n) is 3.64. The van der Waals surface area contributed by atoms with E-state index in [1.54, 1.807) is 19.2 Å². The number of hydrogen-bond acceptors (Lipinski definition) is 3. The highest BCUT2D eigenvalue weighted by Gasteiger charge is 2.22. The molecule has 0 aliphatic heterocycles. The summed E-state index contributed by atoms with van der Waals surface area (Å²) < 4.78 is 5.29. The summed E-state index contributed by atoms with van der Waals surface area (Å²) in [5, 5.41) is 12.8. The number of methoxy groups -OCH3 is 1. The molecule has 1 aliphatic carbocycles. The molecule has 0 saturated carbocycles. The van der Waals surface area contributed by atoms with Crippen LogP contribution in [0.5, 0.6) is 11.5 Å². The lowest BCUT2D eigenvalue weighted by molar-refractivity contribution is 0.414. The van der Waals surface area contributed by atoms with Gasteiger partial charge in [-0.2, -0.15) is 0 Å². The van der Waals surface area contributed by atoms with Crippen LogP contribution in [0.3, 0.4) is 0 Å². The van der Waals surface area contributed by atoms with Crippen molar-refractivity contribution < 1.29 is 9.84 Å². The molecular formula is C16H17NO2. The second-order valence-corrected chi connectivity index (χ2v) is 4.85. The van der Waals surface area contributed by atoms with Gasteiger partial charge in [-0.3, -0.25) is 0 Å². The molecule has 19 heavy (non-hydrogen) atoms. The summed E-state index contributed by atoms with van der Waals surface area (Å²) in [6.45, 7) is 0. The molecule has 1 aliphatic rings. The Labute approximate surface area is 112 Å². The third-order valence-corrected chi connectivity index (χ3v) is 3.64. The number of benzene rings is 2. The van der Waals surface area contributed by atoms with Gasteiger partial charge in [0.05, 0.1) is 13.2 Å². The van der Waals surface area contributed by atoms with E-state index in [-0.39, 0.29) is 0 Å². The van der Waals surface area contributed by atoms with Crippen molar-refractivity contribution in [1.29, 1.82) is 0 Å². The Kier molecular flexibility index (Phi) is 3.03. The summed E-state index contributed by atoms with van der Waals surface area (Å²) in [7, 11) is 1.69. The molecule has 3 nitrogen and oxygen atoms in total. The molecule has 0 heterocycles. The van der Waals surface area contributed by atoms with Gasteiger partial charge in [0.2, 0.25) is 0 Å². The standard InChI is InChI=1S/C16H17NO2/c1-19-14-8-2-11-3-9-16(15(11)10-14)17-12-4-6-13(18)7-5-12/h2,4-8,10,16-18H,3,9H2,1H3. The quantitative estimate of drug-likeness (QED) is 0.825. The first kappa shape index (κ1) is 11.9. The number of phenols is 1. The van der Waals surface area contributed by atoms with Crippen molar-refractivity contribution in [2.75, 3.05) is 12.4 Å². The van der Waals surface area contributed by atoms with Crippen molar-refractivity contribution in [2.24, 2.45) is 0 Å². The van der Waals surface area contributed by atoms with Crippen LogP contribution in [0.2, 0.25) is 0 Å². The van der Waals surface area contributed by atoms with Crippen molar-refractivity contribution in [2.45, 2.75) is 18.9 Å². The molecule has 0 radical (unpaired) electrons. The minimum atomic E-state index is 0.291. The molecule has 0 aromatic heterocycles. The average molecular weight is 255 g/mol. The van der Waals surface area contributed by atoms with Gasteiger partial charge in [-0.05, 0) is 60.4 Å². The summed E-state index contributed by atoms with van der Waals surface area (Å²) in [5.74, 6) is 1.19. The monoisotopic (exact) mass is 255 g/mol.